The molecule has 0 N–H and O–H groups in total. The summed E-state index contributed by atoms with van der Waals surface area (Å²) in [6, 6.07) is 0. The van der Waals surface area contributed by atoms with Crippen molar-refractivity contribution in [1.29, 1.82) is 0 Å². The Morgan fingerprint density at radius 2 is 1.64 bits per heavy atom. The highest BCUT2D eigenvalue weighted by molar-refractivity contribution is 5.10. The zero-order chi connectivity index (χ0) is 11.0. The van der Waals surface area contributed by atoms with E-state index in [-0.39, 0.29) is 0 Å². The van der Waals surface area contributed by atoms with E-state index in [1.807, 2.05) is 0 Å². The summed E-state index contributed by atoms with van der Waals surface area (Å²) >= 11 is 0. The molecule has 0 aliphatic carbocycles. The van der Waals surface area contributed by atoms with Crippen molar-refractivity contribution in [3.05, 3.63) is 29.7 Å². The fourth-order valence-corrected chi connectivity index (χ4v) is 1.49. The molecule has 0 heterocycles. The van der Waals surface area contributed by atoms with Crippen LogP contribution in [0.5, 0.6) is 0 Å². The van der Waals surface area contributed by atoms with E-state index in [0.29, 0.717) is 5.92 Å². The Labute approximate surface area is 90.1 Å². The molecule has 1 radical (unpaired) electrons. The molecule has 0 spiro atoms. The Balaban J connectivity index is 3.90. The first-order chi connectivity index (χ1) is 6.61. The van der Waals surface area contributed by atoms with E-state index in [2.05, 4.69) is 53.2 Å². The summed E-state index contributed by atoms with van der Waals surface area (Å²) in [5.74, 6) is 0.621. The van der Waals surface area contributed by atoms with Crippen LogP contribution in [0.1, 0.15) is 53.9 Å². The molecule has 0 saturated carbocycles. The molecule has 0 aromatic carbocycles. The van der Waals surface area contributed by atoms with E-state index in [1.54, 1.807) is 0 Å². The second-order valence-electron chi connectivity index (χ2n) is 4.04. The van der Waals surface area contributed by atoms with Crippen LogP contribution >= 0.6 is 0 Å². The van der Waals surface area contributed by atoms with Gasteiger partial charge in [0.05, 0.1) is 0 Å². The van der Waals surface area contributed by atoms with Gasteiger partial charge >= 0.3 is 0 Å². The third-order valence-corrected chi connectivity index (χ3v) is 2.59. The number of hydrogen-bond donors (Lipinski definition) is 0. The third kappa shape index (κ3) is 6.01. The SMILES string of the molecule is CCC=C(C)C[CH]C(C)C(C)=CCC. The molecule has 0 saturated heterocycles. The largest absolute Gasteiger partial charge is 0.0859 e. The Bertz CT molecular complexity index is 196. The van der Waals surface area contributed by atoms with Crippen molar-refractivity contribution in [2.75, 3.05) is 0 Å². The van der Waals surface area contributed by atoms with Crippen LogP contribution in [0.4, 0.5) is 0 Å². The van der Waals surface area contributed by atoms with Crippen molar-refractivity contribution < 1.29 is 0 Å². The van der Waals surface area contributed by atoms with E-state index in [1.165, 1.54) is 11.1 Å². The quantitative estimate of drug-likeness (QED) is 0.525. The van der Waals surface area contributed by atoms with Crippen molar-refractivity contribution in [1.82, 2.24) is 0 Å². The van der Waals surface area contributed by atoms with Crippen LogP contribution in [-0.4, -0.2) is 0 Å². The minimum absolute atomic E-state index is 0.621. The first-order valence-corrected chi connectivity index (χ1v) is 5.77. The standard InChI is InChI=1S/C14H25/c1-6-8-12(3)10-11-14(5)13(4)9-7-2/h8-9,11,14H,6-7,10H2,1-5H3. The van der Waals surface area contributed by atoms with Crippen LogP contribution in [0, 0.1) is 12.3 Å². The van der Waals surface area contributed by atoms with Gasteiger partial charge in [-0.3, -0.25) is 0 Å². The monoisotopic (exact) mass is 193 g/mol. The van der Waals surface area contributed by atoms with Crippen LogP contribution in [-0.2, 0) is 0 Å². The van der Waals surface area contributed by atoms with Gasteiger partial charge in [0.2, 0.25) is 0 Å². The zero-order valence-corrected chi connectivity index (χ0v) is 10.4. The summed E-state index contributed by atoms with van der Waals surface area (Å²) < 4.78 is 0. The van der Waals surface area contributed by atoms with E-state index < -0.39 is 0 Å². The molecule has 0 aliphatic rings. The summed E-state index contributed by atoms with van der Waals surface area (Å²) in [7, 11) is 0. The smallest absolute Gasteiger partial charge is 0.0200 e. The van der Waals surface area contributed by atoms with E-state index in [0.717, 1.165) is 19.3 Å². The molecule has 0 fully saturated rings. The molecule has 81 valence electrons. The molecule has 0 amide bonds. The Hall–Kier alpha value is -0.520. The molecular weight excluding hydrogens is 168 g/mol. The lowest BCUT2D eigenvalue weighted by atomic mass is 9.94. The molecule has 0 aliphatic heterocycles. The first-order valence-electron chi connectivity index (χ1n) is 5.77. The van der Waals surface area contributed by atoms with Crippen molar-refractivity contribution in [2.45, 2.75) is 53.9 Å². The van der Waals surface area contributed by atoms with Crippen molar-refractivity contribution in [3.63, 3.8) is 0 Å². The summed E-state index contributed by atoms with van der Waals surface area (Å²) in [6.45, 7) is 11.1. The minimum atomic E-state index is 0.621. The number of hydrogen-bond acceptors (Lipinski definition) is 0. The topological polar surface area (TPSA) is 0 Å². The van der Waals surface area contributed by atoms with Gasteiger partial charge in [0.15, 0.2) is 0 Å². The summed E-state index contributed by atoms with van der Waals surface area (Å²) in [5.41, 5.74) is 2.99. The van der Waals surface area contributed by atoms with Crippen molar-refractivity contribution in [2.24, 2.45) is 5.92 Å². The summed E-state index contributed by atoms with van der Waals surface area (Å²) in [4.78, 5) is 0. The number of allylic oxidation sites excluding steroid dienone is 4. The van der Waals surface area contributed by atoms with Crippen molar-refractivity contribution in [3.8, 4) is 0 Å². The normalized spacial score (nSPS) is 15.8. The van der Waals surface area contributed by atoms with Gasteiger partial charge in [-0.2, -0.15) is 0 Å². The van der Waals surface area contributed by atoms with E-state index in [9.17, 15) is 0 Å². The van der Waals surface area contributed by atoms with Gasteiger partial charge in [-0.25, -0.2) is 0 Å². The van der Waals surface area contributed by atoms with Gasteiger partial charge in [-0.1, -0.05) is 44.1 Å². The molecule has 0 rings (SSSR count). The maximum Gasteiger partial charge on any atom is -0.0200 e. The molecule has 1 unspecified atom stereocenters. The summed E-state index contributed by atoms with van der Waals surface area (Å²) in [6.07, 6.45) is 10.5. The molecule has 0 heteroatoms. The first kappa shape index (κ1) is 13.5. The lowest BCUT2D eigenvalue weighted by Crippen LogP contribution is -1.97. The zero-order valence-electron chi connectivity index (χ0n) is 10.4. The fraction of sp³-hybridized carbons (Fsp3) is 0.643. The highest BCUT2D eigenvalue weighted by Crippen LogP contribution is 2.18. The van der Waals surface area contributed by atoms with Gasteiger partial charge in [0, 0.05) is 0 Å². The van der Waals surface area contributed by atoms with Gasteiger partial charge in [0.25, 0.3) is 0 Å². The predicted molar refractivity (Wildman–Crippen MR) is 66.2 cm³/mol. The van der Waals surface area contributed by atoms with Crippen molar-refractivity contribution >= 4 is 0 Å². The lowest BCUT2D eigenvalue weighted by molar-refractivity contribution is 0.751. The van der Waals surface area contributed by atoms with Gasteiger partial charge in [0.1, 0.15) is 0 Å². The van der Waals surface area contributed by atoms with Crippen LogP contribution in [0.2, 0.25) is 0 Å². The second-order valence-corrected chi connectivity index (χ2v) is 4.04. The minimum Gasteiger partial charge on any atom is -0.0859 e. The fourth-order valence-electron chi connectivity index (χ4n) is 1.49. The van der Waals surface area contributed by atoms with Gasteiger partial charge in [-0.15, -0.1) is 0 Å². The van der Waals surface area contributed by atoms with Crippen LogP contribution in [0.3, 0.4) is 0 Å². The van der Waals surface area contributed by atoms with E-state index >= 15 is 0 Å². The summed E-state index contributed by atoms with van der Waals surface area (Å²) in [5, 5.41) is 0. The molecule has 0 bridgehead atoms. The maximum absolute atomic E-state index is 2.41. The number of rotatable bonds is 6. The van der Waals surface area contributed by atoms with E-state index in [4.69, 9.17) is 0 Å². The maximum atomic E-state index is 2.41. The molecule has 0 aromatic rings. The Morgan fingerprint density at radius 3 is 2.14 bits per heavy atom. The highest BCUT2D eigenvalue weighted by Gasteiger charge is 2.03. The highest BCUT2D eigenvalue weighted by atomic mass is 14.1. The predicted octanol–water partition coefficient (Wildman–Crippen LogP) is 4.93. The molecule has 1 atom stereocenters. The van der Waals surface area contributed by atoms with Crippen LogP contribution < -0.4 is 0 Å². The molecular formula is C14H25. The van der Waals surface area contributed by atoms with Gasteiger partial charge < -0.3 is 0 Å². The Kier molecular flexibility index (Phi) is 7.55. The molecule has 0 aromatic heterocycles. The lowest BCUT2D eigenvalue weighted by Gasteiger charge is -2.11. The van der Waals surface area contributed by atoms with Gasteiger partial charge in [-0.05, 0) is 45.4 Å². The Morgan fingerprint density at radius 1 is 1.07 bits per heavy atom. The van der Waals surface area contributed by atoms with Crippen LogP contribution in [0.15, 0.2) is 23.3 Å². The average molecular weight is 193 g/mol. The molecule has 14 heavy (non-hydrogen) atoms. The second kappa shape index (κ2) is 7.84. The molecule has 0 nitrogen and oxygen atoms in total. The average Bonchev–Trinajstić information content (AvgIpc) is 2.15. The van der Waals surface area contributed by atoms with Crippen LogP contribution in [0.25, 0.3) is 0 Å². The third-order valence-electron chi connectivity index (χ3n) is 2.59.